The molecule has 0 spiro atoms. The second-order valence-electron chi connectivity index (χ2n) is 9.27. The van der Waals surface area contributed by atoms with Gasteiger partial charge in [-0.15, -0.1) is 0 Å². The second kappa shape index (κ2) is 10.4. The number of nitrogens with two attached hydrogens (primary N) is 1. The van der Waals surface area contributed by atoms with Gasteiger partial charge in [-0.25, -0.2) is 4.79 Å². The van der Waals surface area contributed by atoms with Gasteiger partial charge in [-0.1, -0.05) is 12.1 Å². The summed E-state index contributed by atoms with van der Waals surface area (Å²) in [5.41, 5.74) is 9.55. The van der Waals surface area contributed by atoms with E-state index >= 15 is 0 Å². The van der Waals surface area contributed by atoms with Crippen LogP contribution in [0.5, 0.6) is 5.75 Å². The molecular formula is C27H34N4O3. The fourth-order valence-electron chi connectivity index (χ4n) is 5.08. The number of furan rings is 1. The number of unbranched alkanes of at least 4 members (excludes halogenated alkanes) is 1. The minimum Gasteiger partial charge on any atom is -0.493 e. The summed E-state index contributed by atoms with van der Waals surface area (Å²) >= 11 is 0. The number of carbonyl (C=O) groups is 1. The number of amides is 2. The molecule has 2 amide bonds. The molecule has 7 heteroatoms. The molecule has 1 aromatic heterocycles. The largest absolute Gasteiger partial charge is 0.493 e. The van der Waals surface area contributed by atoms with E-state index in [2.05, 4.69) is 33.3 Å². The minimum atomic E-state index is -0.562. The van der Waals surface area contributed by atoms with Crippen LogP contribution in [0.15, 0.2) is 46.9 Å². The summed E-state index contributed by atoms with van der Waals surface area (Å²) < 4.78 is 11.9. The number of nitrogens with zero attached hydrogens (tertiary/aromatic N) is 2. The van der Waals surface area contributed by atoms with Gasteiger partial charge in [0, 0.05) is 43.7 Å². The number of piperazine rings is 1. The van der Waals surface area contributed by atoms with Gasteiger partial charge in [-0.3, -0.25) is 4.90 Å². The van der Waals surface area contributed by atoms with E-state index in [1.54, 1.807) is 0 Å². The molecule has 1 saturated heterocycles. The summed E-state index contributed by atoms with van der Waals surface area (Å²) in [5, 5.41) is 3.65. The van der Waals surface area contributed by atoms with E-state index in [1.165, 1.54) is 17.7 Å². The smallest absolute Gasteiger partial charge is 0.316 e. The highest BCUT2D eigenvalue weighted by molar-refractivity contribution is 6.00. The van der Waals surface area contributed by atoms with Gasteiger partial charge in [0.05, 0.1) is 12.3 Å². The zero-order chi connectivity index (χ0) is 23.3. The number of rotatable bonds is 7. The lowest BCUT2D eigenvalue weighted by Crippen LogP contribution is -2.46. The van der Waals surface area contributed by atoms with Crippen LogP contribution in [0.1, 0.15) is 37.0 Å². The zero-order valence-corrected chi connectivity index (χ0v) is 19.7. The van der Waals surface area contributed by atoms with Gasteiger partial charge in [-0.05, 0) is 74.5 Å². The van der Waals surface area contributed by atoms with Crippen molar-refractivity contribution in [2.24, 2.45) is 5.73 Å². The van der Waals surface area contributed by atoms with E-state index in [0.717, 1.165) is 93.9 Å². The van der Waals surface area contributed by atoms with Crippen molar-refractivity contribution in [3.63, 3.8) is 0 Å². The van der Waals surface area contributed by atoms with Gasteiger partial charge in [0.15, 0.2) is 0 Å². The lowest BCUT2D eigenvalue weighted by Gasteiger charge is -2.36. The Morgan fingerprint density at radius 3 is 2.74 bits per heavy atom. The number of hydrogen-bond acceptors (Lipinski definition) is 5. The minimum absolute atomic E-state index is 0.562. The van der Waals surface area contributed by atoms with E-state index in [4.69, 9.17) is 14.9 Å². The first-order valence-electron chi connectivity index (χ1n) is 12.5. The summed E-state index contributed by atoms with van der Waals surface area (Å²) in [4.78, 5) is 16.5. The van der Waals surface area contributed by atoms with Crippen molar-refractivity contribution in [3.8, 4) is 5.75 Å². The molecule has 0 atom stereocenters. The van der Waals surface area contributed by atoms with Gasteiger partial charge in [0.2, 0.25) is 0 Å². The van der Waals surface area contributed by atoms with Crippen molar-refractivity contribution in [3.05, 3.63) is 53.8 Å². The molecule has 34 heavy (non-hydrogen) atoms. The lowest BCUT2D eigenvalue weighted by atomic mass is 10.1. The lowest BCUT2D eigenvalue weighted by molar-refractivity contribution is 0.252. The first-order valence-corrected chi connectivity index (χ1v) is 12.5. The van der Waals surface area contributed by atoms with E-state index < -0.39 is 6.03 Å². The Morgan fingerprint density at radius 2 is 1.88 bits per heavy atom. The molecule has 180 valence electrons. The van der Waals surface area contributed by atoms with Gasteiger partial charge < -0.3 is 25.1 Å². The van der Waals surface area contributed by atoms with Crippen LogP contribution in [0.4, 0.5) is 16.2 Å². The molecule has 3 N–H and O–H groups in total. The van der Waals surface area contributed by atoms with Gasteiger partial charge in [0.1, 0.15) is 17.1 Å². The standard InChI is InChI=1S/C27H34N4O3/c28-27(32)29-26-22-8-1-2-9-24(22)34-25(26)10-3-5-13-30-14-16-31(17-15-30)21-11-12-23-20(19-21)7-4-6-18-33-23/h1-2,8-9,11-12,19H,3-7,10,13-18H2,(H3,28,29,32). The molecule has 2 aromatic carbocycles. The molecule has 3 aromatic rings. The van der Waals surface area contributed by atoms with Gasteiger partial charge in [-0.2, -0.15) is 0 Å². The number of primary amides is 1. The predicted molar refractivity (Wildman–Crippen MR) is 136 cm³/mol. The van der Waals surface area contributed by atoms with Crippen LogP contribution < -0.4 is 20.7 Å². The SMILES string of the molecule is NC(=O)Nc1c(CCCCN2CCN(c3ccc4c(c3)CCCCO4)CC2)oc2ccccc12. The van der Waals surface area contributed by atoms with Crippen molar-refractivity contribution < 1.29 is 13.9 Å². The molecular weight excluding hydrogens is 428 g/mol. The Labute approximate surface area is 200 Å². The quantitative estimate of drug-likeness (QED) is 0.494. The fourth-order valence-corrected chi connectivity index (χ4v) is 5.08. The number of hydrogen-bond donors (Lipinski definition) is 2. The highest BCUT2D eigenvalue weighted by Gasteiger charge is 2.19. The summed E-state index contributed by atoms with van der Waals surface area (Å²) in [6.45, 7) is 6.17. The van der Waals surface area contributed by atoms with Crippen LogP contribution in [0.2, 0.25) is 0 Å². The van der Waals surface area contributed by atoms with Gasteiger partial charge in [0.25, 0.3) is 0 Å². The van der Waals surface area contributed by atoms with Crippen LogP contribution in [-0.4, -0.2) is 50.3 Å². The average Bonchev–Trinajstić information content (AvgIpc) is 3.02. The topological polar surface area (TPSA) is 84.0 Å². The molecule has 0 saturated carbocycles. The van der Waals surface area contributed by atoms with Crippen LogP contribution in [-0.2, 0) is 12.8 Å². The normalized spacial score (nSPS) is 16.6. The van der Waals surface area contributed by atoms with Crippen LogP contribution in [0.3, 0.4) is 0 Å². The van der Waals surface area contributed by atoms with Crippen molar-refractivity contribution in [2.75, 3.05) is 49.5 Å². The van der Waals surface area contributed by atoms with E-state index in [1.807, 2.05) is 24.3 Å². The highest BCUT2D eigenvalue weighted by atomic mass is 16.5. The number of nitrogens with one attached hydrogen (secondary N) is 1. The van der Waals surface area contributed by atoms with Gasteiger partial charge >= 0.3 is 6.03 Å². The Bertz CT molecular complexity index is 1130. The van der Waals surface area contributed by atoms with Crippen LogP contribution >= 0.6 is 0 Å². The van der Waals surface area contributed by atoms with Crippen LogP contribution in [0, 0.1) is 0 Å². The molecule has 5 rings (SSSR count). The van der Waals surface area contributed by atoms with Crippen LogP contribution in [0.25, 0.3) is 11.0 Å². The summed E-state index contributed by atoms with van der Waals surface area (Å²) in [6.07, 6.45) is 6.33. The number of carbonyl (C=O) groups excluding carboxylic acids is 1. The molecule has 0 aliphatic carbocycles. The monoisotopic (exact) mass is 462 g/mol. The Balaban J connectivity index is 1.10. The van der Waals surface area contributed by atoms with Crippen molar-refractivity contribution in [1.82, 2.24) is 4.90 Å². The zero-order valence-electron chi connectivity index (χ0n) is 19.7. The summed E-state index contributed by atoms with van der Waals surface area (Å²) in [6, 6.07) is 13.9. The maximum atomic E-state index is 11.5. The first kappa shape index (κ1) is 22.6. The third-order valence-corrected chi connectivity index (χ3v) is 6.92. The number of para-hydroxylation sites is 1. The number of urea groups is 1. The average molecular weight is 463 g/mol. The summed E-state index contributed by atoms with van der Waals surface area (Å²) in [7, 11) is 0. The molecule has 0 radical (unpaired) electrons. The number of aryl methyl sites for hydroxylation is 2. The number of anilines is 2. The molecule has 0 bridgehead atoms. The molecule has 7 nitrogen and oxygen atoms in total. The molecule has 0 unspecified atom stereocenters. The number of ether oxygens (including phenoxy) is 1. The molecule has 2 aliphatic rings. The fraction of sp³-hybridized carbons (Fsp3) is 0.444. The van der Waals surface area contributed by atoms with E-state index in [9.17, 15) is 4.79 Å². The second-order valence-corrected chi connectivity index (χ2v) is 9.27. The summed E-state index contributed by atoms with van der Waals surface area (Å²) in [5.74, 6) is 1.87. The maximum absolute atomic E-state index is 11.5. The number of fused-ring (bicyclic) bond motifs is 2. The first-order chi connectivity index (χ1) is 16.7. The third-order valence-electron chi connectivity index (χ3n) is 6.92. The molecule has 2 aliphatic heterocycles. The van der Waals surface area contributed by atoms with Crippen molar-refractivity contribution in [2.45, 2.75) is 38.5 Å². The molecule has 3 heterocycles. The van der Waals surface area contributed by atoms with Crippen molar-refractivity contribution >= 4 is 28.4 Å². The Hall–Kier alpha value is -3.19. The maximum Gasteiger partial charge on any atom is 0.316 e. The third kappa shape index (κ3) is 5.14. The predicted octanol–water partition coefficient (Wildman–Crippen LogP) is 4.78. The molecule has 1 fully saturated rings. The van der Waals surface area contributed by atoms with E-state index in [0.29, 0.717) is 5.69 Å². The van der Waals surface area contributed by atoms with E-state index in [-0.39, 0.29) is 0 Å². The Kier molecular flexibility index (Phi) is 6.90. The number of benzene rings is 2. The Morgan fingerprint density at radius 1 is 1.03 bits per heavy atom. The highest BCUT2D eigenvalue weighted by Crippen LogP contribution is 2.32. The van der Waals surface area contributed by atoms with Crippen molar-refractivity contribution in [1.29, 1.82) is 0 Å².